The summed E-state index contributed by atoms with van der Waals surface area (Å²) >= 11 is 0. The first-order valence-electron chi connectivity index (χ1n) is 10.6. The Balaban J connectivity index is 1.52. The molecule has 0 aliphatic heterocycles. The molecular formula is C27H16N4. The van der Waals surface area contributed by atoms with Crippen molar-refractivity contribution < 1.29 is 0 Å². The number of imidazole rings is 1. The van der Waals surface area contributed by atoms with Crippen LogP contribution in [0.15, 0.2) is 73.2 Å². The normalized spacial score (nSPS) is 13.5. The number of benzene rings is 2. The second-order valence-corrected chi connectivity index (χ2v) is 8.54. The van der Waals surface area contributed by atoms with Crippen molar-refractivity contribution in [3.8, 4) is 22.4 Å². The number of hydrogen-bond donors (Lipinski definition) is 0. The Morgan fingerprint density at radius 1 is 0.742 bits per heavy atom. The van der Waals surface area contributed by atoms with Crippen LogP contribution in [0.3, 0.4) is 0 Å². The molecule has 0 N–H and O–H groups in total. The maximum atomic E-state index is 5.13. The van der Waals surface area contributed by atoms with E-state index in [1.807, 2.05) is 24.7 Å². The third-order valence-electron chi connectivity index (χ3n) is 6.92. The molecule has 6 aromatic rings. The fourth-order valence-corrected chi connectivity index (χ4v) is 5.63. The lowest BCUT2D eigenvalue weighted by molar-refractivity contribution is 1.15. The zero-order chi connectivity index (χ0) is 20.1. The molecule has 144 valence electrons. The lowest BCUT2D eigenvalue weighted by Crippen LogP contribution is -1.96. The molecule has 4 heteroatoms. The zero-order valence-electron chi connectivity index (χ0n) is 16.6. The molecule has 31 heavy (non-hydrogen) atoms. The van der Waals surface area contributed by atoms with Crippen molar-refractivity contribution in [2.45, 2.75) is 12.8 Å². The van der Waals surface area contributed by atoms with Crippen LogP contribution in [0, 0.1) is 0 Å². The molecule has 0 amide bonds. The summed E-state index contributed by atoms with van der Waals surface area (Å²) in [5, 5.41) is 2.20. The molecule has 2 aliphatic rings. The van der Waals surface area contributed by atoms with Crippen LogP contribution < -0.4 is 0 Å². The smallest absolute Gasteiger partial charge is 0.147 e. The fourth-order valence-electron chi connectivity index (χ4n) is 5.63. The van der Waals surface area contributed by atoms with E-state index in [0.29, 0.717) is 0 Å². The first-order valence-corrected chi connectivity index (χ1v) is 10.6. The number of nitrogens with zero attached hydrogens (tertiary/aromatic N) is 4. The molecule has 0 bridgehead atoms. The summed E-state index contributed by atoms with van der Waals surface area (Å²) in [5.74, 6) is 0. The molecule has 2 aromatic carbocycles. The minimum Gasteiger partial charge on any atom is -0.290 e. The second kappa shape index (κ2) is 5.35. The molecule has 0 atom stereocenters. The van der Waals surface area contributed by atoms with Gasteiger partial charge in [0.2, 0.25) is 0 Å². The van der Waals surface area contributed by atoms with Crippen molar-refractivity contribution in [3.05, 3.63) is 95.6 Å². The number of fused-ring (bicyclic) bond motifs is 13. The number of pyridine rings is 3. The van der Waals surface area contributed by atoms with E-state index in [4.69, 9.17) is 4.98 Å². The van der Waals surface area contributed by atoms with Gasteiger partial charge in [0.1, 0.15) is 5.65 Å². The number of hydrogen-bond acceptors (Lipinski definition) is 3. The van der Waals surface area contributed by atoms with Crippen LogP contribution in [0.1, 0.15) is 22.4 Å². The van der Waals surface area contributed by atoms with E-state index < -0.39 is 0 Å². The van der Waals surface area contributed by atoms with Crippen LogP contribution in [0.5, 0.6) is 0 Å². The number of aromatic nitrogens is 4. The van der Waals surface area contributed by atoms with Gasteiger partial charge in [-0.2, -0.15) is 0 Å². The summed E-state index contributed by atoms with van der Waals surface area (Å²) in [6, 6.07) is 19.7. The van der Waals surface area contributed by atoms with Crippen LogP contribution in [0.4, 0.5) is 0 Å². The van der Waals surface area contributed by atoms with E-state index in [1.54, 1.807) is 0 Å². The third-order valence-corrected chi connectivity index (χ3v) is 6.92. The van der Waals surface area contributed by atoms with Crippen LogP contribution in [-0.2, 0) is 12.8 Å². The van der Waals surface area contributed by atoms with Gasteiger partial charge in [-0.3, -0.25) is 14.4 Å². The molecule has 0 saturated carbocycles. The molecular weight excluding hydrogens is 380 g/mol. The van der Waals surface area contributed by atoms with Crippen molar-refractivity contribution >= 4 is 27.5 Å². The Kier molecular flexibility index (Phi) is 2.72. The molecule has 0 fully saturated rings. The molecule has 8 rings (SSSR count). The van der Waals surface area contributed by atoms with Gasteiger partial charge in [0, 0.05) is 35.2 Å². The van der Waals surface area contributed by atoms with E-state index in [9.17, 15) is 0 Å². The van der Waals surface area contributed by atoms with Gasteiger partial charge in [0.05, 0.1) is 28.6 Å². The zero-order valence-corrected chi connectivity index (χ0v) is 16.6. The summed E-state index contributed by atoms with van der Waals surface area (Å²) in [7, 11) is 0. The monoisotopic (exact) mass is 396 g/mol. The van der Waals surface area contributed by atoms with Crippen molar-refractivity contribution in [1.82, 2.24) is 19.4 Å². The molecule has 0 radical (unpaired) electrons. The van der Waals surface area contributed by atoms with Crippen molar-refractivity contribution in [2.24, 2.45) is 0 Å². The van der Waals surface area contributed by atoms with Crippen LogP contribution in [0.2, 0.25) is 0 Å². The average molecular weight is 396 g/mol. The Bertz CT molecular complexity index is 1740. The lowest BCUT2D eigenvalue weighted by atomic mass is 9.99. The van der Waals surface area contributed by atoms with E-state index in [2.05, 4.69) is 62.9 Å². The maximum absolute atomic E-state index is 5.13. The average Bonchev–Trinajstić information content (AvgIpc) is 3.47. The highest BCUT2D eigenvalue weighted by atomic mass is 15.0. The van der Waals surface area contributed by atoms with Gasteiger partial charge >= 0.3 is 0 Å². The Morgan fingerprint density at radius 2 is 1.68 bits per heavy atom. The predicted octanol–water partition coefficient (Wildman–Crippen LogP) is 5.57. The quantitative estimate of drug-likeness (QED) is 0.315. The van der Waals surface area contributed by atoms with Crippen LogP contribution >= 0.6 is 0 Å². The van der Waals surface area contributed by atoms with Crippen molar-refractivity contribution in [3.63, 3.8) is 0 Å². The molecule has 0 unspecified atom stereocenters. The molecule has 2 aliphatic carbocycles. The Morgan fingerprint density at radius 3 is 2.68 bits per heavy atom. The first-order chi connectivity index (χ1) is 15.4. The van der Waals surface area contributed by atoms with E-state index in [-0.39, 0.29) is 0 Å². The summed E-state index contributed by atoms with van der Waals surface area (Å²) in [6.45, 7) is 0. The fraction of sp³-hybridized carbons (Fsp3) is 0.0741. The Hall–Kier alpha value is -4.05. The van der Waals surface area contributed by atoms with E-state index in [1.165, 1.54) is 39.1 Å². The SMILES string of the molecule is c1ccc2c(c1)Cc1cc3c(cc1-2)-c1c(nc2c4cccnc4c4ccncc4n12)C3. The van der Waals surface area contributed by atoms with E-state index >= 15 is 0 Å². The van der Waals surface area contributed by atoms with Gasteiger partial charge in [0.25, 0.3) is 0 Å². The van der Waals surface area contributed by atoms with Crippen molar-refractivity contribution in [2.75, 3.05) is 0 Å². The van der Waals surface area contributed by atoms with Crippen molar-refractivity contribution in [1.29, 1.82) is 0 Å². The highest BCUT2D eigenvalue weighted by molar-refractivity contribution is 6.10. The largest absolute Gasteiger partial charge is 0.290 e. The van der Waals surface area contributed by atoms with Gasteiger partial charge in [0.15, 0.2) is 0 Å². The lowest BCUT2D eigenvalue weighted by Gasteiger charge is -2.11. The first kappa shape index (κ1) is 15.7. The van der Waals surface area contributed by atoms with Gasteiger partial charge in [-0.1, -0.05) is 30.3 Å². The minimum atomic E-state index is 0.874. The summed E-state index contributed by atoms with van der Waals surface area (Å²) in [6.07, 6.45) is 7.54. The predicted molar refractivity (Wildman–Crippen MR) is 122 cm³/mol. The molecule has 0 saturated heterocycles. The van der Waals surface area contributed by atoms with Crippen LogP contribution in [0.25, 0.3) is 49.8 Å². The summed E-state index contributed by atoms with van der Waals surface area (Å²) in [4.78, 5) is 14.2. The van der Waals surface area contributed by atoms with Gasteiger partial charge in [-0.05, 0) is 58.5 Å². The van der Waals surface area contributed by atoms with Crippen LogP contribution in [-0.4, -0.2) is 19.4 Å². The van der Waals surface area contributed by atoms with Gasteiger partial charge in [-0.25, -0.2) is 4.98 Å². The minimum absolute atomic E-state index is 0.874. The highest BCUT2D eigenvalue weighted by Crippen LogP contribution is 2.46. The molecule has 4 nitrogen and oxygen atoms in total. The number of rotatable bonds is 0. The summed E-state index contributed by atoms with van der Waals surface area (Å²) in [5.41, 5.74) is 13.6. The van der Waals surface area contributed by atoms with Gasteiger partial charge < -0.3 is 0 Å². The van der Waals surface area contributed by atoms with Gasteiger partial charge in [-0.15, -0.1) is 0 Å². The summed E-state index contributed by atoms with van der Waals surface area (Å²) < 4.78 is 2.31. The molecule has 0 spiro atoms. The Labute approximate surface area is 177 Å². The molecule has 4 heterocycles. The molecule has 4 aromatic heterocycles. The second-order valence-electron chi connectivity index (χ2n) is 8.54. The van der Waals surface area contributed by atoms with E-state index in [0.717, 1.165) is 46.0 Å². The standard InChI is InChI=1S/C27H16N4/c1-2-5-18-15(4-1)10-16-11-17-12-23-26(22(17)13-21(16)18)31-24-14-28-9-7-19(24)25-20(27(31)30-23)6-3-8-29-25/h1-9,11,13-14H,10,12H2. The highest BCUT2D eigenvalue weighted by Gasteiger charge is 2.30. The maximum Gasteiger partial charge on any atom is 0.147 e. The third kappa shape index (κ3) is 1.88. The topological polar surface area (TPSA) is 43.1 Å².